The number of carboxylic acids is 1. The van der Waals surface area contributed by atoms with Crippen molar-refractivity contribution in [3.8, 4) is 11.3 Å². The molecule has 2 aliphatic rings. The summed E-state index contributed by atoms with van der Waals surface area (Å²) in [5.74, 6) is -0.279. The first-order valence-corrected chi connectivity index (χ1v) is 12.9. The highest BCUT2D eigenvalue weighted by molar-refractivity contribution is 6.06. The summed E-state index contributed by atoms with van der Waals surface area (Å²) in [5, 5.41) is 26.0. The van der Waals surface area contributed by atoms with Gasteiger partial charge in [0.15, 0.2) is 0 Å². The Labute approximate surface area is 218 Å². The summed E-state index contributed by atoms with van der Waals surface area (Å²) >= 11 is 0. The summed E-state index contributed by atoms with van der Waals surface area (Å²) in [6, 6.07) is 7.16. The third-order valence-corrected chi connectivity index (χ3v) is 6.91. The molecule has 1 aromatic heterocycles. The summed E-state index contributed by atoms with van der Waals surface area (Å²) in [6.45, 7) is 5.71. The van der Waals surface area contributed by atoms with Gasteiger partial charge in [-0.15, -0.1) is 0 Å². The summed E-state index contributed by atoms with van der Waals surface area (Å²) < 4.78 is 1.89. The molecule has 37 heavy (non-hydrogen) atoms. The summed E-state index contributed by atoms with van der Waals surface area (Å²) in [4.78, 5) is 28.3. The first-order chi connectivity index (χ1) is 17.8. The second kappa shape index (κ2) is 11.6. The number of hydrogen-bond acceptors (Lipinski definition) is 6. The van der Waals surface area contributed by atoms with E-state index in [4.69, 9.17) is 10.5 Å². The lowest BCUT2D eigenvalue weighted by atomic mass is 10.0. The molecule has 0 bridgehead atoms. The first kappa shape index (κ1) is 26.3. The van der Waals surface area contributed by atoms with Gasteiger partial charge in [0.25, 0.3) is 0 Å². The molecule has 1 aromatic carbocycles. The number of amides is 1. The van der Waals surface area contributed by atoms with Gasteiger partial charge in [0.2, 0.25) is 5.91 Å². The molecule has 9 nitrogen and oxygen atoms in total. The highest BCUT2D eigenvalue weighted by Gasteiger charge is 2.31. The van der Waals surface area contributed by atoms with Crippen molar-refractivity contribution in [2.24, 2.45) is 0 Å². The summed E-state index contributed by atoms with van der Waals surface area (Å²) in [6.07, 6.45) is 11.6. The van der Waals surface area contributed by atoms with Gasteiger partial charge < -0.3 is 20.7 Å². The second-order valence-electron chi connectivity index (χ2n) is 9.78. The van der Waals surface area contributed by atoms with Crippen LogP contribution in [0, 0.1) is 5.41 Å². The van der Waals surface area contributed by atoms with Crippen molar-refractivity contribution in [3.63, 3.8) is 0 Å². The highest BCUT2D eigenvalue weighted by atomic mass is 16.4. The van der Waals surface area contributed by atoms with Gasteiger partial charge >= 0.3 is 5.97 Å². The van der Waals surface area contributed by atoms with Gasteiger partial charge in [-0.3, -0.25) is 9.69 Å². The molecule has 2 aromatic rings. The fourth-order valence-electron chi connectivity index (χ4n) is 4.65. The molecule has 1 unspecified atom stereocenters. The molecule has 2 heterocycles. The van der Waals surface area contributed by atoms with Crippen LogP contribution in [-0.2, 0) is 4.79 Å². The lowest BCUT2D eigenvalue weighted by Gasteiger charge is -2.17. The van der Waals surface area contributed by atoms with Crippen LogP contribution in [0.25, 0.3) is 11.3 Å². The molecular formula is C28H36N6O3. The van der Waals surface area contributed by atoms with E-state index < -0.39 is 5.97 Å². The van der Waals surface area contributed by atoms with Gasteiger partial charge in [-0.25, -0.2) is 9.48 Å². The minimum Gasteiger partial charge on any atom is -0.478 e. The van der Waals surface area contributed by atoms with Crippen LogP contribution in [0.3, 0.4) is 0 Å². The van der Waals surface area contributed by atoms with E-state index in [1.165, 1.54) is 12.8 Å². The zero-order chi connectivity index (χ0) is 26.5. The largest absolute Gasteiger partial charge is 0.478 e. The predicted molar refractivity (Wildman–Crippen MR) is 145 cm³/mol. The van der Waals surface area contributed by atoms with Crippen LogP contribution in [-0.4, -0.2) is 75.0 Å². The monoisotopic (exact) mass is 504 g/mol. The Morgan fingerprint density at radius 3 is 2.57 bits per heavy atom. The Bertz CT molecular complexity index is 1210. The minimum absolute atomic E-state index is 0.00665. The Morgan fingerprint density at radius 1 is 1.22 bits per heavy atom. The number of carboxylic acid groups (broad SMARTS) is 1. The molecule has 0 radical (unpaired) electrons. The number of nitrogens with one attached hydrogen (secondary N) is 2. The maximum Gasteiger partial charge on any atom is 0.335 e. The first-order valence-electron chi connectivity index (χ1n) is 12.9. The quantitative estimate of drug-likeness (QED) is 0.309. The lowest BCUT2D eigenvalue weighted by Crippen LogP contribution is -2.28. The van der Waals surface area contributed by atoms with Crippen LogP contribution in [0.2, 0.25) is 0 Å². The van der Waals surface area contributed by atoms with E-state index in [9.17, 15) is 14.7 Å². The molecule has 0 spiro atoms. The SMILES string of the molecule is CCC=CNc1c(C(C)=N)c(-c2ccc(C(=O)O)cc2)nn1C1CCN(C(=O)C=CCN(C)C2CC2)C1. The number of allylic oxidation sites excluding steroid dienone is 1. The number of likely N-dealkylation sites (tertiary alicyclic amines) is 1. The highest BCUT2D eigenvalue weighted by Crippen LogP contribution is 2.34. The zero-order valence-corrected chi connectivity index (χ0v) is 21.8. The molecule has 196 valence electrons. The van der Waals surface area contributed by atoms with Crippen LogP contribution < -0.4 is 5.32 Å². The van der Waals surface area contributed by atoms with Crippen molar-refractivity contribution >= 4 is 23.4 Å². The Hall–Kier alpha value is -3.72. The van der Waals surface area contributed by atoms with E-state index in [0.717, 1.165) is 24.9 Å². The van der Waals surface area contributed by atoms with E-state index in [1.807, 2.05) is 34.9 Å². The summed E-state index contributed by atoms with van der Waals surface area (Å²) in [7, 11) is 2.09. The molecule has 2 fully saturated rings. The topological polar surface area (TPSA) is 115 Å². The molecule has 1 amide bonds. The zero-order valence-electron chi connectivity index (χ0n) is 21.8. The van der Waals surface area contributed by atoms with Gasteiger partial charge in [-0.05, 0) is 58.0 Å². The van der Waals surface area contributed by atoms with Gasteiger partial charge in [0.05, 0.1) is 17.2 Å². The van der Waals surface area contributed by atoms with Crippen LogP contribution in [0.15, 0.2) is 48.7 Å². The predicted octanol–water partition coefficient (Wildman–Crippen LogP) is 4.40. The van der Waals surface area contributed by atoms with Gasteiger partial charge in [-0.1, -0.05) is 31.2 Å². The number of likely N-dealkylation sites (N-methyl/N-ethyl adjacent to an activating group) is 1. The van der Waals surface area contributed by atoms with Crippen molar-refractivity contribution in [1.82, 2.24) is 19.6 Å². The summed E-state index contributed by atoms with van der Waals surface area (Å²) in [5.41, 5.74) is 2.56. The van der Waals surface area contributed by atoms with Crippen LogP contribution >= 0.6 is 0 Å². The smallest absolute Gasteiger partial charge is 0.335 e. The normalized spacial score (nSPS) is 17.8. The fraction of sp³-hybridized carbons (Fsp3) is 0.429. The molecule has 1 saturated heterocycles. The fourth-order valence-corrected chi connectivity index (χ4v) is 4.65. The maximum atomic E-state index is 12.9. The van der Waals surface area contributed by atoms with E-state index in [1.54, 1.807) is 37.3 Å². The minimum atomic E-state index is -0.989. The van der Waals surface area contributed by atoms with E-state index in [0.29, 0.717) is 41.9 Å². The number of aromatic carboxylic acids is 1. The van der Waals surface area contributed by atoms with Crippen molar-refractivity contribution in [2.75, 3.05) is 32.0 Å². The van der Waals surface area contributed by atoms with Crippen molar-refractivity contribution in [2.45, 2.75) is 51.6 Å². The average Bonchev–Trinajstić information content (AvgIpc) is 3.49. The van der Waals surface area contributed by atoms with Gasteiger partial charge in [0, 0.05) is 43.0 Å². The third-order valence-electron chi connectivity index (χ3n) is 6.91. The molecular weight excluding hydrogens is 468 g/mol. The van der Waals surface area contributed by atoms with E-state index >= 15 is 0 Å². The van der Waals surface area contributed by atoms with Gasteiger partial charge in [0.1, 0.15) is 11.5 Å². The molecule has 3 N–H and O–H groups in total. The number of benzene rings is 1. The van der Waals surface area contributed by atoms with E-state index in [-0.39, 0.29) is 17.5 Å². The van der Waals surface area contributed by atoms with Crippen LogP contribution in [0.4, 0.5) is 5.82 Å². The lowest BCUT2D eigenvalue weighted by molar-refractivity contribution is -0.125. The van der Waals surface area contributed by atoms with Gasteiger partial charge in [-0.2, -0.15) is 5.10 Å². The Morgan fingerprint density at radius 2 is 1.95 bits per heavy atom. The second-order valence-corrected chi connectivity index (χ2v) is 9.78. The Kier molecular flexibility index (Phi) is 8.23. The maximum absolute atomic E-state index is 12.9. The van der Waals surface area contributed by atoms with Crippen molar-refractivity contribution in [3.05, 3.63) is 59.8 Å². The van der Waals surface area contributed by atoms with Crippen molar-refractivity contribution in [1.29, 1.82) is 5.41 Å². The number of nitrogens with zero attached hydrogens (tertiary/aromatic N) is 4. The molecule has 1 saturated carbocycles. The van der Waals surface area contributed by atoms with E-state index in [2.05, 4.69) is 17.3 Å². The number of carbonyl (C=O) groups is 2. The number of hydrogen-bond donors (Lipinski definition) is 3. The standard InChI is InChI=1S/C28H36N6O3/c1-4-5-15-30-27-25(19(2)29)26(20-8-10-21(11-9-20)28(36)37)31-34(27)23-14-17-33(18-23)24(35)7-6-16-32(3)22-12-13-22/h5-11,15,22-23,29-30H,4,12-14,16-18H2,1-3H3,(H,36,37). The third kappa shape index (κ3) is 6.17. The van der Waals surface area contributed by atoms with Crippen LogP contribution in [0.1, 0.15) is 61.5 Å². The van der Waals surface area contributed by atoms with Crippen LogP contribution in [0.5, 0.6) is 0 Å². The molecule has 4 rings (SSSR count). The Balaban J connectivity index is 1.59. The molecule has 1 aliphatic heterocycles. The number of rotatable bonds is 11. The molecule has 9 heteroatoms. The number of aromatic nitrogens is 2. The molecule has 1 atom stereocenters. The average molecular weight is 505 g/mol. The number of carbonyl (C=O) groups excluding carboxylic acids is 1. The molecule has 1 aliphatic carbocycles. The number of anilines is 1. The van der Waals surface area contributed by atoms with Crippen molar-refractivity contribution < 1.29 is 14.7 Å².